The van der Waals surface area contributed by atoms with E-state index in [-0.39, 0.29) is 0 Å². The van der Waals surface area contributed by atoms with Gasteiger partial charge in [0.05, 0.1) is 12.2 Å². The first-order chi connectivity index (χ1) is 9.72. The molecular formula is C14H20N6. The summed E-state index contributed by atoms with van der Waals surface area (Å²) >= 11 is 0. The second-order valence-electron chi connectivity index (χ2n) is 4.74. The minimum atomic E-state index is 0.328. The molecule has 0 aliphatic heterocycles. The minimum Gasteiger partial charge on any atom is -0.370 e. The van der Waals surface area contributed by atoms with Crippen LogP contribution in [0.1, 0.15) is 37.9 Å². The van der Waals surface area contributed by atoms with Crippen molar-refractivity contribution in [3.63, 3.8) is 0 Å². The van der Waals surface area contributed by atoms with Crippen molar-refractivity contribution >= 4 is 11.6 Å². The predicted octanol–water partition coefficient (Wildman–Crippen LogP) is 2.43. The molecule has 0 saturated heterocycles. The molecule has 0 saturated carbocycles. The van der Waals surface area contributed by atoms with Gasteiger partial charge in [-0.1, -0.05) is 13.8 Å². The van der Waals surface area contributed by atoms with Crippen LogP contribution in [0.15, 0.2) is 24.7 Å². The number of anilines is 2. The van der Waals surface area contributed by atoms with Crippen molar-refractivity contribution in [3.8, 4) is 0 Å². The van der Waals surface area contributed by atoms with E-state index < -0.39 is 0 Å². The van der Waals surface area contributed by atoms with Crippen molar-refractivity contribution in [1.29, 1.82) is 0 Å². The number of hydrogen-bond donors (Lipinski definition) is 2. The number of rotatable bonds is 6. The van der Waals surface area contributed by atoms with E-state index in [0.29, 0.717) is 12.5 Å². The SMILES string of the molecule is CCNc1ncnc(NCc2cccnn2)c1C(C)C. The van der Waals surface area contributed by atoms with Crippen molar-refractivity contribution in [2.45, 2.75) is 33.2 Å². The lowest BCUT2D eigenvalue weighted by Gasteiger charge is -2.17. The zero-order valence-corrected chi connectivity index (χ0v) is 12.1. The van der Waals surface area contributed by atoms with E-state index in [1.807, 2.05) is 12.1 Å². The molecule has 0 fully saturated rings. The fourth-order valence-electron chi connectivity index (χ4n) is 1.99. The van der Waals surface area contributed by atoms with Gasteiger partial charge >= 0.3 is 0 Å². The number of nitrogens with zero attached hydrogens (tertiary/aromatic N) is 4. The number of nitrogens with one attached hydrogen (secondary N) is 2. The molecule has 20 heavy (non-hydrogen) atoms. The molecule has 0 amide bonds. The van der Waals surface area contributed by atoms with Crippen LogP contribution >= 0.6 is 0 Å². The van der Waals surface area contributed by atoms with E-state index in [9.17, 15) is 0 Å². The van der Waals surface area contributed by atoms with E-state index in [1.54, 1.807) is 12.5 Å². The van der Waals surface area contributed by atoms with E-state index in [1.165, 1.54) is 0 Å². The van der Waals surface area contributed by atoms with Gasteiger partial charge in [-0.25, -0.2) is 9.97 Å². The highest BCUT2D eigenvalue weighted by Crippen LogP contribution is 2.28. The molecule has 0 atom stereocenters. The van der Waals surface area contributed by atoms with Crippen molar-refractivity contribution in [2.75, 3.05) is 17.2 Å². The van der Waals surface area contributed by atoms with Gasteiger partial charge < -0.3 is 10.6 Å². The Labute approximate surface area is 119 Å². The molecule has 2 heterocycles. The van der Waals surface area contributed by atoms with Crippen molar-refractivity contribution in [1.82, 2.24) is 20.2 Å². The monoisotopic (exact) mass is 272 g/mol. The zero-order valence-electron chi connectivity index (χ0n) is 12.1. The Balaban J connectivity index is 2.20. The van der Waals surface area contributed by atoms with Crippen LogP contribution in [0.2, 0.25) is 0 Å². The third-order valence-corrected chi connectivity index (χ3v) is 2.87. The predicted molar refractivity (Wildman–Crippen MR) is 79.6 cm³/mol. The fourth-order valence-corrected chi connectivity index (χ4v) is 1.99. The maximum atomic E-state index is 4.35. The molecule has 2 aromatic heterocycles. The Morgan fingerprint density at radius 1 is 1.15 bits per heavy atom. The average molecular weight is 272 g/mol. The Bertz CT molecular complexity index is 541. The molecule has 0 aliphatic rings. The van der Waals surface area contributed by atoms with Crippen LogP contribution in [-0.2, 0) is 6.54 Å². The Kier molecular flexibility index (Phi) is 4.81. The maximum absolute atomic E-state index is 4.35. The molecular weight excluding hydrogens is 252 g/mol. The lowest BCUT2D eigenvalue weighted by molar-refractivity contribution is 0.839. The highest BCUT2D eigenvalue weighted by molar-refractivity contribution is 5.58. The summed E-state index contributed by atoms with van der Waals surface area (Å²) in [4.78, 5) is 8.66. The molecule has 0 unspecified atom stereocenters. The standard InChI is InChI=1S/C14H20N6/c1-4-15-13-12(10(2)3)14(18-9-17-13)16-8-11-6-5-7-19-20-11/h5-7,9-10H,4,8H2,1-3H3,(H2,15,16,17,18). The third-order valence-electron chi connectivity index (χ3n) is 2.87. The summed E-state index contributed by atoms with van der Waals surface area (Å²) in [6.45, 7) is 7.75. The van der Waals surface area contributed by atoms with Crippen LogP contribution in [0.4, 0.5) is 11.6 Å². The molecule has 0 aromatic carbocycles. The van der Waals surface area contributed by atoms with Crippen LogP contribution in [0.5, 0.6) is 0 Å². The summed E-state index contributed by atoms with van der Waals surface area (Å²) in [6, 6.07) is 3.80. The van der Waals surface area contributed by atoms with Crippen molar-refractivity contribution in [3.05, 3.63) is 35.9 Å². The molecule has 2 aromatic rings. The Morgan fingerprint density at radius 3 is 2.50 bits per heavy atom. The first kappa shape index (κ1) is 14.2. The van der Waals surface area contributed by atoms with Gasteiger partial charge in [0, 0.05) is 18.3 Å². The van der Waals surface area contributed by atoms with Crippen LogP contribution in [0, 0.1) is 0 Å². The van der Waals surface area contributed by atoms with Crippen LogP contribution in [-0.4, -0.2) is 26.7 Å². The highest BCUT2D eigenvalue weighted by Gasteiger charge is 2.14. The Hall–Kier alpha value is -2.24. The molecule has 6 nitrogen and oxygen atoms in total. The summed E-state index contributed by atoms with van der Waals surface area (Å²) in [6.07, 6.45) is 3.24. The summed E-state index contributed by atoms with van der Waals surface area (Å²) < 4.78 is 0. The summed E-state index contributed by atoms with van der Waals surface area (Å²) in [5, 5.41) is 14.5. The summed E-state index contributed by atoms with van der Waals surface area (Å²) in [5.74, 6) is 2.06. The van der Waals surface area contributed by atoms with Gasteiger partial charge in [0.2, 0.25) is 0 Å². The maximum Gasteiger partial charge on any atom is 0.135 e. The average Bonchev–Trinajstić information content (AvgIpc) is 2.46. The molecule has 6 heteroatoms. The second-order valence-corrected chi connectivity index (χ2v) is 4.74. The largest absolute Gasteiger partial charge is 0.370 e. The first-order valence-corrected chi connectivity index (χ1v) is 6.81. The molecule has 0 radical (unpaired) electrons. The minimum absolute atomic E-state index is 0.328. The molecule has 0 aliphatic carbocycles. The van der Waals surface area contributed by atoms with Crippen molar-refractivity contribution in [2.24, 2.45) is 0 Å². The first-order valence-electron chi connectivity index (χ1n) is 6.81. The van der Waals surface area contributed by atoms with Gasteiger partial charge in [-0.05, 0) is 25.0 Å². The van der Waals surface area contributed by atoms with Crippen LogP contribution < -0.4 is 10.6 Å². The summed E-state index contributed by atoms with van der Waals surface area (Å²) in [5.41, 5.74) is 1.98. The number of hydrogen-bond acceptors (Lipinski definition) is 6. The van der Waals surface area contributed by atoms with Crippen LogP contribution in [0.3, 0.4) is 0 Å². The van der Waals surface area contributed by atoms with Crippen LogP contribution in [0.25, 0.3) is 0 Å². The van der Waals surface area contributed by atoms with Gasteiger partial charge in [-0.3, -0.25) is 0 Å². The molecule has 106 valence electrons. The zero-order chi connectivity index (χ0) is 14.4. The van der Waals surface area contributed by atoms with Gasteiger partial charge in [-0.2, -0.15) is 10.2 Å². The quantitative estimate of drug-likeness (QED) is 0.841. The van der Waals surface area contributed by atoms with E-state index >= 15 is 0 Å². The normalized spacial score (nSPS) is 10.6. The smallest absolute Gasteiger partial charge is 0.135 e. The Morgan fingerprint density at radius 2 is 1.90 bits per heavy atom. The lowest BCUT2D eigenvalue weighted by atomic mass is 10.0. The summed E-state index contributed by atoms with van der Waals surface area (Å²) in [7, 11) is 0. The van der Waals surface area contributed by atoms with Gasteiger partial charge in [-0.15, -0.1) is 0 Å². The van der Waals surface area contributed by atoms with Gasteiger partial charge in [0.25, 0.3) is 0 Å². The van der Waals surface area contributed by atoms with E-state index in [2.05, 4.69) is 51.6 Å². The molecule has 2 N–H and O–H groups in total. The second kappa shape index (κ2) is 6.79. The third kappa shape index (κ3) is 3.40. The van der Waals surface area contributed by atoms with Gasteiger partial charge in [0.15, 0.2) is 0 Å². The molecule has 2 rings (SSSR count). The number of aromatic nitrogens is 4. The topological polar surface area (TPSA) is 75.6 Å². The van der Waals surface area contributed by atoms with E-state index in [0.717, 1.165) is 29.4 Å². The fraction of sp³-hybridized carbons (Fsp3) is 0.429. The van der Waals surface area contributed by atoms with E-state index in [4.69, 9.17) is 0 Å². The molecule has 0 bridgehead atoms. The van der Waals surface area contributed by atoms with Crippen molar-refractivity contribution < 1.29 is 0 Å². The lowest BCUT2D eigenvalue weighted by Crippen LogP contribution is -2.11. The molecule has 0 spiro atoms. The highest BCUT2D eigenvalue weighted by atomic mass is 15.1. The van der Waals surface area contributed by atoms with Gasteiger partial charge in [0.1, 0.15) is 18.0 Å².